The van der Waals surface area contributed by atoms with Crippen LogP contribution in [0.25, 0.3) is 5.76 Å². The summed E-state index contributed by atoms with van der Waals surface area (Å²) in [7, 11) is 1.55. The summed E-state index contributed by atoms with van der Waals surface area (Å²) in [6, 6.07) is 12.1. The van der Waals surface area contributed by atoms with Gasteiger partial charge in [-0.2, -0.15) is 0 Å². The zero-order chi connectivity index (χ0) is 25.6. The van der Waals surface area contributed by atoms with Crippen LogP contribution in [-0.4, -0.2) is 25.3 Å². The zero-order valence-electron chi connectivity index (χ0n) is 20.9. The highest BCUT2D eigenvalue weighted by molar-refractivity contribution is 6.00. The second-order valence-electron chi connectivity index (χ2n) is 7.71. The Morgan fingerprint density at radius 2 is 1.83 bits per heavy atom. The summed E-state index contributed by atoms with van der Waals surface area (Å²) in [5.41, 5.74) is 2.71. The van der Waals surface area contributed by atoms with E-state index in [1.807, 2.05) is 19.9 Å². The lowest BCUT2D eigenvalue weighted by molar-refractivity contribution is 0.0894. The largest absolute Gasteiger partial charge is 0.496 e. The van der Waals surface area contributed by atoms with Gasteiger partial charge < -0.3 is 30.2 Å². The Hall–Kier alpha value is -3.94. The minimum absolute atomic E-state index is 0.0801. The summed E-state index contributed by atoms with van der Waals surface area (Å²) >= 11 is 0. The minimum atomic E-state index is -0.446. The number of hydrogen-bond donors (Lipinski definition) is 3. The quantitative estimate of drug-likeness (QED) is 0.294. The molecule has 0 fully saturated rings. The SMILES string of the molecule is C=CO/C(=C\C)c1ccc(NC(=O)Nc2cccc(CNC(=O)OC(CC)CCC)c2)cc1OC. The van der Waals surface area contributed by atoms with Gasteiger partial charge in [0.1, 0.15) is 17.6 Å². The lowest BCUT2D eigenvalue weighted by Crippen LogP contribution is -2.28. The van der Waals surface area contributed by atoms with E-state index in [1.165, 1.54) is 6.26 Å². The Kier molecular flexibility index (Phi) is 11.2. The molecule has 0 bridgehead atoms. The first kappa shape index (κ1) is 27.3. The molecule has 2 aromatic carbocycles. The van der Waals surface area contributed by atoms with Crippen molar-refractivity contribution < 1.29 is 23.8 Å². The molecule has 0 saturated carbocycles. The zero-order valence-corrected chi connectivity index (χ0v) is 20.9. The fourth-order valence-corrected chi connectivity index (χ4v) is 3.44. The van der Waals surface area contributed by atoms with Crippen LogP contribution in [0.2, 0.25) is 0 Å². The van der Waals surface area contributed by atoms with Gasteiger partial charge in [0.05, 0.1) is 18.9 Å². The van der Waals surface area contributed by atoms with Crippen molar-refractivity contribution >= 4 is 29.3 Å². The smallest absolute Gasteiger partial charge is 0.407 e. The van der Waals surface area contributed by atoms with Gasteiger partial charge in [0.2, 0.25) is 0 Å². The van der Waals surface area contributed by atoms with E-state index in [0.717, 1.165) is 30.4 Å². The van der Waals surface area contributed by atoms with Crippen molar-refractivity contribution in [3.63, 3.8) is 0 Å². The molecule has 0 aliphatic carbocycles. The number of anilines is 2. The molecule has 8 heteroatoms. The van der Waals surface area contributed by atoms with Gasteiger partial charge in [-0.1, -0.05) is 39.0 Å². The molecule has 0 spiro atoms. The van der Waals surface area contributed by atoms with Crippen molar-refractivity contribution in [1.82, 2.24) is 5.32 Å². The maximum atomic E-state index is 12.6. The normalized spacial score (nSPS) is 11.7. The van der Waals surface area contributed by atoms with E-state index < -0.39 is 12.1 Å². The average molecular weight is 482 g/mol. The topological polar surface area (TPSA) is 97.9 Å². The van der Waals surface area contributed by atoms with E-state index in [9.17, 15) is 9.59 Å². The summed E-state index contributed by atoms with van der Waals surface area (Å²) in [6.45, 7) is 9.77. The summed E-state index contributed by atoms with van der Waals surface area (Å²) in [6.07, 6.45) is 5.19. The van der Waals surface area contributed by atoms with E-state index in [-0.39, 0.29) is 12.6 Å². The highest BCUT2D eigenvalue weighted by Crippen LogP contribution is 2.30. The van der Waals surface area contributed by atoms with Crippen LogP contribution in [0.15, 0.2) is 61.4 Å². The van der Waals surface area contributed by atoms with Gasteiger partial charge in [-0.3, -0.25) is 0 Å². The number of carbonyl (C=O) groups excluding carboxylic acids is 2. The predicted molar refractivity (Wildman–Crippen MR) is 139 cm³/mol. The summed E-state index contributed by atoms with van der Waals surface area (Å²) in [5, 5.41) is 8.35. The molecule has 1 atom stereocenters. The van der Waals surface area contributed by atoms with Gasteiger partial charge in [0.25, 0.3) is 0 Å². The molecule has 3 amide bonds. The number of ether oxygens (including phenoxy) is 3. The fourth-order valence-electron chi connectivity index (χ4n) is 3.44. The van der Waals surface area contributed by atoms with Gasteiger partial charge in [-0.25, -0.2) is 9.59 Å². The number of methoxy groups -OCH3 is 1. The van der Waals surface area contributed by atoms with Gasteiger partial charge in [0.15, 0.2) is 0 Å². The predicted octanol–water partition coefficient (Wildman–Crippen LogP) is 6.67. The minimum Gasteiger partial charge on any atom is -0.496 e. The second kappa shape index (κ2) is 14.3. The molecule has 8 nitrogen and oxygen atoms in total. The van der Waals surface area contributed by atoms with E-state index in [2.05, 4.69) is 29.5 Å². The van der Waals surface area contributed by atoms with Crippen LogP contribution in [0, 0.1) is 0 Å². The van der Waals surface area contributed by atoms with Crippen LogP contribution < -0.4 is 20.7 Å². The molecule has 188 valence electrons. The number of allylic oxidation sites excluding steroid dienone is 1. The number of urea groups is 1. The Morgan fingerprint density at radius 1 is 1.09 bits per heavy atom. The van der Waals surface area contributed by atoms with E-state index >= 15 is 0 Å². The maximum Gasteiger partial charge on any atom is 0.407 e. The first-order valence-electron chi connectivity index (χ1n) is 11.7. The lowest BCUT2D eigenvalue weighted by Gasteiger charge is -2.16. The Labute approximate surface area is 207 Å². The van der Waals surface area contributed by atoms with Gasteiger partial charge in [0, 0.05) is 24.0 Å². The van der Waals surface area contributed by atoms with Crippen LogP contribution >= 0.6 is 0 Å². The number of benzene rings is 2. The first-order chi connectivity index (χ1) is 16.9. The lowest BCUT2D eigenvalue weighted by atomic mass is 10.1. The van der Waals surface area contributed by atoms with Gasteiger partial charge >= 0.3 is 12.1 Å². The molecule has 0 aromatic heterocycles. The molecule has 35 heavy (non-hydrogen) atoms. The molecule has 0 radical (unpaired) electrons. The fraction of sp³-hybridized carbons (Fsp3) is 0.333. The Morgan fingerprint density at radius 3 is 2.46 bits per heavy atom. The van der Waals surface area contributed by atoms with Crippen molar-refractivity contribution in [2.75, 3.05) is 17.7 Å². The van der Waals surface area contributed by atoms with E-state index in [0.29, 0.717) is 22.9 Å². The number of carbonyl (C=O) groups is 2. The molecule has 0 saturated heterocycles. The number of nitrogens with one attached hydrogen (secondary N) is 3. The third-order valence-corrected chi connectivity index (χ3v) is 5.16. The van der Waals surface area contributed by atoms with Crippen LogP contribution in [0.4, 0.5) is 21.0 Å². The van der Waals surface area contributed by atoms with Gasteiger partial charge in [-0.05, 0) is 55.7 Å². The standard InChI is InChI=1S/C27H35N3O5/c1-6-11-22(7-2)35-27(32)28-18-19-12-10-13-20(16-19)29-26(31)30-21-14-15-23(25(17-21)33-5)24(8-3)34-9-4/h8-10,12-17,22H,4,6-7,11,18H2,1-3,5H3,(H,28,32)(H2,29,30,31)/b24-8-. The van der Waals surface area contributed by atoms with Crippen molar-refractivity contribution in [3.05, 3.63) is 72.5 Å². The Bertz CT molecular complexity index is 1040. The molecule has 1 unspecified atom stereocenters. The summed E-state index contributed by atoms with van der Waals surface area (Å²) < 4.78 is 16.3. The van der Waals surface area contributed by atoms with Crippen molar-refractivity contribution in [1.29, 1.82) is 0 Å². The molecule has 0 aliphatic heterocycles. The second-order valence-corrected chi connectivity index (χ2v) is 7.71. The Balaban J connectivity index is 1.97. The van der Waals surface area contributed by atoms with E-state index in [4.69, 9.17) is 14.2 Å². The molecule has 3 N–H and O–H groups in total. The monoisotopic (exact) mass is 481 g/mol. The molecular formula is C27H35N3O5. The van der Waals surface area contributed by atoms with Crippen molar-refractivity contribution in [2.24, 2.45) is 0 Å². The first-order valence-corrected chi connectivity index (χ1v) is 11.7. The summed E-state index contributed by atoms with van der Waals surface area (Å²) in [4.78, 5) is 24.6. The third kappa shape index (κ3) is 8.73. The highest BCUT2D eigenvalue weighted by Gasteiger charge is 2.13. The summed E-state index contributed by atoms with van der Waals surface area (Å²) in [5.74, 6) is 1.14. The maximum absolute atomic E-state index is 12.6. The number of rotatable bonds is 12. The molecule has 2 aromatic rings. The van der Waals surface area contributed by atoms with Crippen molar-refractivity contribution in [2.45, 2.75) is 52.7 Å². The highest BCUT2D eigenvalue weighted by atomic mass is 16.6. The average Bonchev–Trinajstić information content (AvgIpc) is 2.86. The molecule has 0 heterocycles. The number of amides is 3. The van der Waals surface area contributed by atoms with E-state index in [1.54, 1.807) is 49.6 Å². The van der Waals surface area contributed by atoms with Crippen LogP contribution in [-0.2, 0) is 16.0 Å². The molecule has 2 rings (SSSR count). The van der Waals surface area contributed by atoms with Crippen LogP contribution in [0.1, 0.15) is 51.2 Å². The third-order valence-electron chi connectivity index (χ3n) is 5.16. The van der Waals surface area contributed by atoms with Crippen LogP contribution in [0.3, 0.4) is 0 Å². The van der Waals surface area contributed by atoms with Crippen LogP contribution in [0.5, 0.6) is 5.75 Å². The number of alkyl carbamates (subject to hydrolysis) is 1. The molecular weight excluding hydrogens is 446 g/mol. The van der Waals surface area contributed by atoms with Gasteiger partial charge in [-0.15, -0.1) is 0 Å². The molecule has 0 aliphatic rings. The van der Waals surface area contributed by atoms with Crippen molar-refractivity contribution in [3.8, 4) is 5.75 Å². The number of hydrogen-bond acceptors (Lipinski definition) is 5.